The Bertz CT molecular complexity index is 562. The molecule has 0 amide bonds. The molecule has 1 aliphatic rings. The van der Waals surface area contributed by atoms with Gasteiger partial charge in [-0.25, -0.2) is 13.1 Å². The van der Waals surface area contributed by atoms with E-state index in [1.165, 1.54) is 13.0 Å². The van der Waals surface area contributed by atoms with Gasteiger partial charge in [-0.3, -0.25) is 0 Å². The van der Waals surface area contributed by atoms with Gasteiger partial charge in [-0.15, -0.1) is 0 Å². The van der Waals surface area contributed by atoms with Gasteiger partial charge in [-0.2, -0.15) is 13.2 Å². The van der Waals surface area contributed by atoms with E-state index in [1.54, 1.807) is 0 Å². The molecule has 0 spiro atoms. The molecule has 0 atom stereocenters. The van der Waals surface area contributed by atoms with E-state index in [0.717, 1.165) is 25.0 Å². The third kappa shape index (κ3) is 2.67. The molecular weight excluding hydrogens is 267 g/mol. The van der Waals surface area contributed by atoms with E-state index in [2.05, 4.69) is 4.72 Å². The lowest BCUT2D eigenvalue weighted by Crippen LogP contribution is -2.27. The number of rotatable bonds is 3. The molecule has 0 bridgehead atoms. The van der Waals surface area contributed by atoms with Gasteiger partial charge in [0, 0.05) is 6.04 Å². The molecule has 2 rings (SSSR count). The maximum Gasteiger partial charge on any atom is 0.416 e. The Kier molecular flexibility index (Phi) is 3.14. The molecule has 0 unspecified atom stereocenters. The lowest BCUT2D eigenvalue weighted by atomic mass is 10.1. The van der Waals surface area contributed by atoms with E-state index in [0.29, 0.717) is 0 Å². The van der Waals surface area contributed by atoms with Gasteiger partial charge in [-0.1, -0.05) is 6.07 Å². The zero-order valence-electron chi connectivity index (χ0n) is 9.58. The van der Waals surface area contributed by atoms with Crippen LogP contribution in [0.4, 0.5) is 13.2 Å². The van der Waals surface area contributed by atoms with E-state index in [1.807, 2.05) is 0 Å². The zero-order valence-corrected chi connectivity index (χ0v) is 10.4. The molecule has 1 fully saturated rings. The Hall–Kier alpha value is -1.08. The van der Waals surface area contributed by atoms with Gasteiger partial charge in [0.15, 0.2) is 0 Å². The number of nitrogens with one attached hydrogen (secondary N) is 1. The van der Waals surface area contributed by atoms with E-state index in [4.69, 9.17) is 0 Å². The van der Waals surface area contributed by atoms with Crippen molar-refractivity contribution in [2.24, 2.45) is 0 Å². The molecule has 0 saturated heterocycles. The van der Waals surface area contributed by atoms with Crippen LogP contribution in [0.25, 0.3) is 0 Å². The van der Waals surface area contributed by atoms with Crippen molar-refractivity contribution < 1.29 is 21.6 Å². The summed E-state index contributed by atoms with van der Waals surface area (Å²) in [5.41, 5.74) is -1.18. The van der Waals surface area contributed by atoms with Crippen molar-refractivity contribution in [2.75, 3.05) is 0 Å². The fraction of sp³-hybridized carbons (Fsp3) is 0.455. The normalized spacial score (nSPS) is 16.9. The van der Waals surface area contributed by atoms with Gasteiger partial charge < -0.3 is 0 Å². The highest BCUT2D eigenvalue weighted by Crippen LogP contribution is 2.34. The molecule has 100 valence electrons. The minimum absolute atomic E-state index is 0.135. The summed E-state index contributed by atoms with van der Waals surface area (Å²) < 4.78 is 64.2. The van der Waals surface area contributed by atoms with Gasteiger partial charge in [0.1, 0.15) is 0 Å². The van der Waals surface area contributed by atoms with Crippen LogP contribution < -0.4 is 4.72 Å². The van der Waals surface area contributed by atoms with Crippen molar-refractivity contribution in [2.45, 2.75) is 36.9 Å². The highest BCUT2D eigenvalue weighted by atomic mass is 32.2. The third-order valence-electron chi connectivity index (χ3n) is 2.78. The minimum atomic E-state index is -4.55. The molecule has 1 aliphatic carbocycles. The van der Waals surface area contributed by atoms with Crippen molar-refractivity contribution in [1.29, 1.82) is 0 Å². The summed E-state index contributed by atoms with van der Waals surface area (Å²) in [7, 11) is -3.86. The molecule has 7 heteroatoms. The Balaban J connectivity index is 2.45. The van der Waals surface area contributed by atoms with Crippen molar-refractivity contribution in [3.8, 4) is 0 Å². The average molecular weight is 279 g/mol. The van der Waals surface area contributed by atoms with Crippen LogP contribution in [0.5, 0.6) is 0 Å². The highest BCUT2D eigenvalue weighted by molar-refractivity contribution is 7.89. The lowest BCUT2D eigenvalue weighted by Gasteiger charge is -2.14. The maximum atomic E-state index is 12.7. The second-order valence-electron chi connectivity index (χ2n) is 4.32. The summed E-state index contributed by atoms with van der Waals surface area (Å²) in [5, 5.41) is 0. The zero-order chi connectivity index (χ0) is 13.6. The van der Waals surface area contributed by atoms with Gasteiger partial charge >= 0.3 is 6.18 Å². The largest absolute Gasteiger partial charge is 0.416 e. The number of halogens is 3. The fourth-order valence-corrected chi connectivity index (χ4v) is 3.27. The van der Waals surface area contributed by atoms with Crippen LogP contribution in [0.3, 0.4) is 0 Å². The first-order chi connectivity index (χ1) is 8.22. The Morgan fingerprint density at radius 3 is 2.39 bits per heavy atom. The summed E-state index contributed by atoms with van der Waals surface area (Å²) in [5.74, 6) is 0. The lowest BCUT2D eigenvalue weighted by molar-refractivity contribution is -0.138. The Labute approximate surface area is 103 Å². The van der Waals surface area contributed by atoms with Crippen LogP contribution >= 0.6 is 0 Å². The third-order valence-corrected chi connectivity index (χ3v) is 4.44. The van der Waals surface area contributed by atoms with Crippen LogP contribution in [0.1, 0.15) is 24.0 Å². The number of sulfonamides is 1. The fourth-order valence-electron chi connectivity index (χ4n) is 1.70. The van der Waals surface area contributed by atoms with Crippen molar-refractivity contribution in [1.82, 2.24) is 4.72 Å². The van der Waals surface area contributed by atoms with Crippen LogP contribution in [-0.2, 0) is 16.2 Å². The molecular formula is C11H12F3NO2S. The molecule has 1 saturated carbocycles. The van der Waals surface area contributed by atoms with Crippen molar-refractivity contribution >= 4 is 10.0 Å². The predicted octanol–water partition coefficient (Wildman–Crippen LogP) is 2.45. The molecule has 1 N–H and O–H groups in total. The summed E-state index contributed by atoms with van der Waals surface area (Å²) >= 11 is 0. The molecule has 1 aromatic carbocycles. The Morgan fingerprint density at radius 1 is 1.28 bits per heavy atom. The second kappa shape index (κ2) is 4.24. The summed E-state index contributed by atoms with van der Waals surface area (Å²) in [6.07, 6.45) is -3.08. The average Bonchev–Trinajstić information content (AvgIpc) is 2.99. The van der Waals surface area contributed by atoms with Crippen LogP contribution in [0.2, 0.25) is 0 Å². The first kappa shape index (κ1) is 13.4. The van der Waals surface area contributed by atoms with Gasteiger partial charge in [0.25, 0.3) is 0 Å². The topological polar surface area (TPSA) is 46.2 Å². The van der Waals surface area contributed by atoms with Crippen LogP contribution in [0, 0.1) is 6.92 Å². The first-order valence-electron chi connectivity index (χ1n) is 5.41. The number of hydrogen-bond acceptors (Lipinski definition) is 2. The molecule has 1 aromatic rings. The molecule has 18 heavy (non-hydrogen) atoms. The summed E-state index contributed by atoms with van der Waals surface area (Å²) in [6.45, 7) is 1.17. The maximum absolute atomic E-state index is 12.7. The van der Waals surface area contributed by atoms with E-state index >= 15 is 0 Å². The number of hydrogen-bond donors (Lipinski definition) is 1. The first-order valence-corrected chi connectivity index (χ1v) is 6.89. The standard InChI is InChI=1S/C11H12F3NO2S/c1-7-9(11(12,13)14)3-2-4-10(7)18(16,17)15-8-5-6-8/h2-4,8,15H,5-6H2,1H3. The molecule has 0 radical (unpaired) electrons. The van der Waals surface area contributed by atoms with Crippen LogP contribution in [0.15, 0.2) is 23.1 Å². The highest BCUT2D eigenvalue weighted by Gasteiger charge is 2.35. The minimum Gasteiger partial charge on any atom is -0.208 e. The molecule has 0 heterocycles. The van der Waals surface area contributed by atoms with Crippen LogP contribution in [-0.4, -0.2) is 14.5 Å². The molecule has 3 nitrogen and oxygen atoms in total. The molecule has 0 aliphatic heterocycles. The SMILES string of the molecule is Cc1c(C(F)(F)F)cccc1S(=O)(=O)NC1CC1. The van der Waals surface area contributed by atoms with Crippen molar-refractivity contribution in [3.05, 3.63) is 29.3 Å². The summed E-state index contributed by atoms with van der Waals surface area (Å²) in [4.78, 5) is -0.302. The predicted molar refractivity (Wildman–Crippen MR) is 59.5 cm³/mol. The smallest absolute Gasteiger partial charge is 0.208 e. The van der Waals surface area contributed by atoms with Gasteiger partial charge in [0.2, 0.25) is 10.0 Å². The van der Waals surface area contributed by atoms with E-state index in [9.17, 15) is 21.6 Å². The van der Waals surface area contributed by atoms with E-state index < -0.39 is 21.8 Å². The Morgan fingerprint density at radius 2 is 1.89 bits per heavy atom. The van der Waals surface area contributed by atoms with Gasteiger partial charge in [0.05, 0.1) is 10.5 Å². The van der Waals surface area contributed by atoms with Crippen molar-refractivity contribution in [3.63, 3.8) is 0 Å². The molecule has 0 aromatic heterocycles. The number of alkyl halides is 3. The quantitative estimate of drug-likeness (QED) is 0.923. The monoisotopic (exact) mass is 279 g/mol. The second-order valence-corrected chi connectivity index (χ2v) is 6.00. The van der Waals surface area contributed by atoms with E-state index in [-0.39, 0.29) is 16.5 Å². The van der Waals surface area contributed by atoms with Gasteiger partial charge in [-0.05, 0) is 37.5 Å². The number of benzene rings is 1. The summed E-state index contributed by atoms with van der Waals surface area (Å²) in [6, 6.07) is 3.04.